The maximum absolute atomic E-state index is 11.6. The van der Waals surface area contributed by atoms with Gasteiger partial charge in [-0.15, -0.1) is 10.2 Å². The maximum atomic E-state index is 11.6. The summed E-state index contributed by atoms with van der Waals surface area (Å²) < 4.78 is 11.1. The highest BCUT2D eigenvalue weighted by atomic mass is 35.5. The van der Waals surface area contributed by atoms with Crippen LogP contribution in [0.25, 0.3) is 6.08 Å². The van der Waals surface area contributed by atoms with E-state index in [1.54, 1.807) is 24.4 Å². The standard InChI is InChI=1S/C19H23ClN6O3/c1-28-18-12(7-8-26(22)13-5-3-9-29-11-13)4-2-6-14(18)23-15-10-16(20)24-25-17(15)19(21)27/h2,4,6-8,10,13H,3,5,9,11,22H2,1H3,(H2,21,27)(H,23,24)/b8-7+. The summed E-state index contributed by atoms with van der Waals surface area (Å²) in [4.78, 5) is 11.6. The maximum Gasteiger partial charge on any atom is 0.271 e. The third-order valence-electron chi connectivity index (χ3n) is 4.50. The molecular formula is C19H23ClN6O3. The second kappa shape index (κ2) is 9.55. The van der Waals surface area contributed by atoms with Gasteiger partial charge in [0.05, 0.1) is 31.1 Å². The first-order valence-electron chi connectivity index (χ1n) is 9.05. The first kappa shape index (κ1) is 20.8. The van der Waals surface area contributed by atoms with Gasteiger partial charge >= 0.3 is 0 Å². The van der Waals surface area contributed by atoms with Gasteiger partial charge in [0.25, 0.3) is 5.91 Å². The Morgan fingerprint density at radius 2 is 2.24 bits per heavy atom. The van der Waals surface area contributed by atoms with Crippen LogP contribution in [-0.2, 0) is 4.74 Å². The molecule has 1 unspecified atom stereocenters. The summed E-state index contributed by atoms with van der Waals surface area (Å²) in [6.45, 7) is 1.38. The normalized spacial score (nSPS) is 16.6. The molecule has 154 valence electrons. The number of ether oxygens (including phenoxy) is 2. The van der Waals surface area contributed by atoms with E-state index in [2.05, 4.69) is 15.5 Å². The van der Waals surface area contributed by atoms with Crippen molar-refractivity contribution >= 4 is 35.0 Å². The summed E-state index contributed by atoms with van der Waals surface area (Å²) in [6, 6.07) is 7.13. The van der Waals surface area contributed by atoms with Gasteiger partial charge < -0.3 is 25.5 Å². The Hall–Kier alpha value is -2.88. The molecule has 9 nitrogen and oxygen atoms in total. The third kappa shape index (κ3) is 5.14. The average molecular weight is 419 g/mol. The van der Waals surface area contributed by atoms with Crippen molar-refractivity contribution in [2.45, 2.75) is 18.9 Å². The number of amides is 1. The first-order chi connectivity index (χ1) is 14.0. The fraction of sp³-hybridized carbons (Fsp3) is 0.316. The molecule has 10 heteroatoms. The molecule has 1 fully saturated rings. The van der Waals surface area contributed by atoms with Crippen LogP contribution in [0.4, 0.5) is 11.4 Å². The smallest absolute Gasteiger partial charge is 0.271 e. The topological polar surface area (TPSA) is 129 Å². The van der Waals surface area contributed by atoms with E-state index in [1.165, 1.54) is 6.07 Å². The summed E-state index contributed by atoms with van der Waals surface area (Å²) in [5.74, 6) is 5.98. The fourth-order valence-corrected chi connectivity index (χ4v) is 3.20. The number of hydrazine groups is 1. The van der Waals surface area contributed by atoms with Crippen LogP contribution in [0.3, 0.4) is 0 Å². The average Bonchev–Trinajstić information content (AvgIpc) is 2.72. The lowest BCUT2D eigenvalue weighted by Gasteiger charge is -2.29. The van der Waals surface area contributed by atoms with Crippen molar-refractivity contribution < 1.29 is 14.3 Å². The summed E-state index contributed by atoms with van der Waals surface area (Å²) in [6.07, 6.45) is 5.61. The van der Waals surface area contributed by atoms with Crippen molar-refractivity contribution in [3.63, 3.8) is 0 Å². The number of rotatable bonds is 7. The lowest BCUT2D eigenvalue weighted by Crippen LogP contribution is -2.42. The summed E-state index contributed by atoms with van der Waals surface area (Å²) >= 11 is 5.91. The zero-order chi connectivity index (χ0) is 20.8. The molecule has 0 aliphatic carbocycles. The monoisotopic (exact) mass is 418 g/mol. The molecule has 5 N–H and O–H groups in total. The Morgan fingerprint density at radius 1 is 1.41 bits per heavy atom. The van der Waals surface area contributed by atoms with Gasteiger partial charge in [-0.25, -0.2) is 5.84 Å². The molecule has 29 heavy (non-hydrogen) atoms. The minimum atomic E-state index is -0.722. The van der Waals surface area contributed by atoms with Crippen molar-refractivity contribution in [1.29, 1.82) is 0 Å². The number of anilines is 2. The highest BCUT2D eigenvalue weighted by molar-refractivity contribution is 6.29. The van der Waals surface area contributed by atoms with E-state index in [4.69, 9.17) is 32.7 Å². The molecule has 1 aliphatic heterocycles. The van der Waals surface area contributed by atoms with Gasteiger partial charge in [-0.05, 0) is 25.0 Å². The lowest BCUT2D eigenvalue weighted by molar-refractivity contribution is 0.0351. The summed E-state index contributed by atoms with van der Waals surface area (Å²) in [7, 11) is 1.56. The molecular weight excluding hydrogens is 396 g/mol. The minimum Gasteiger partial charge on any atom is -0.494 e. The number of methoxy groups -OCH3 is 1. The van der Waals surface area contributed by atoms with Crippen LogP contribution >= 0.6 is 11.6 Å². The summed E-state index contributed by atoms with van der Waals surface area (Å²) in [5.41, 5.74) is 7.07. The Morgan fingerprint density at radius 3 is 2.93 bits per heavy atom. The Balaban J connectivity index is 1.86. The van der Waals surface area contributed by atoms with Crippen LogP contribution in [0.2, 0.25) is 5.15 Å². The molecule has 3 rings (SSSR count). The molecule has 1 atom stereocenters. The Bertz CT molecular complexity index is 902. The SMILES string of the molecule is COc1c(/C=C/N(N)C2CCCOC2)cccc1Nc1cc(Cl)nnc1C(N)=O. The highest BCUT2D eigenvalue weighted by Crippen LogP contribution is 2.33. The lowest BCUT2D eigenvalue weighted by atomic mass is 10.1. The molecule has 0 spiro atoms. The third-order valence-corrected chi connectivity index (χ3v) is 4.69. The number of carbonyl (C=O) groups is 1. The van der Waals surface area contributed by atoms with E-state index >= 15 is 0 Å². The number of nitrogens with two attached hydrogens (primary N) is 2. The van der Waals surface area contributed by atoms with Gasteiger partial charge in [0.2, 0.25) is 0 Å². The molecule has 1 saturated heterocycles. The van der Waals surface area contributed by atoms with Gasteiger partial charge in [-0.2, -0.15) is 0 Å². The van der Waals surface area contributed by atoms with Crippen molar-refractivity contribution in [2.24, 2.45) is 11.6 Å². The molecule has 1 aromatic heterocycles. The number of halogens is 1. The number of hydrogen-bond acceptors (Lipinski definition) is 8. The van der Waals surface area contributed by atoms with Gasteiger partial charge in [0.1, 0.15) is 5.75 Å². The van der Waals surface area contributed by atoms with Crippen molar-refractivity contribution in [3.8, 4) is 5.75 Å². The second-order valence-corrected chi connectivity index (χ2v) is 6.87. The van der Waals surface area contributed by atoms with Crippen LogP contribution in [0.15, 0.2) is 30.5 Å². The van der Waals surface area contributed by atoms with E-state index in [9.17, 15) is 4.79 Å². The van der Waals surface area contributed by atoms with Crippen LogP contribution < -0.4 is 21.6 Å². The van der Waals surface area contributed by atoms with E-state index in [0.29, 0.717) is 23.7 Å². The number of primary amides is 1. The van der Waals surface area contributed by atoms with Gasteiger partial charge in [-0.3, -0.25) is 4.79 Å². The number of carbonyl (C=O) groups excluding carboxylic acids is 1. The quantitative estimate of drug-likeness (QED) is 0.461. The largest absolute Gasteiger partial charge is 0.494 e. The summed E-state index contributed by atoms with van der Waals surface area (Å²) in [5, 5.41) is 12.3. The predicted octanol–water partition coefficient (Wildman–Crippen LogP) is 2.31. The van der Waals surface area contributed by atoms with E-state index in [-0.39, 0.29) is 16.9 Å². The van der Waals surface area contributed by atoms with Crippen molar-refractivity contribution in [1.82, 2.24) is 15.2 Å². The zero-order valence-electron chi connectivity index (χ0n) is 16.0. The molecule has 1 aliphatic rings. The Labute approximate surface area is 173 Å². The highest BCUT2D eigenvalue weighted by Gasteiger charge is 2.18. The van der Waals surface area contributed by atoms with Crippen molar-refractivity contribution in [3.05, 3.63) is 46.9 Å². The minimum absolute atomic E-state index is 0.0252. The van der Waals surface area contributed by atoms with Gasteiger partial charge in [0.15, 0.2) is 10.8 Å². The van der Waals surface area contributed by atoms with Gasteiger partial charge in [-0.1, -0.05) is 23.7 Å². The molecule has 0 bridgehead atoms. The van der Waals surface area contributed by atoms with Crippen LogP contribution in [0.5, 0.6) is 5.75 Å². The molecule has 0 radical (unpaired) electrons. The molecule has 1 aromatic carbocycles. The number of hydrogen-bond donors (Lipinski definition) is 3. The van der Waals surface area contributed by atoms with Crippen LogP contribution in [0, 0.1) is 0 Å². The second-order valence-electron chi connectivity index (χ2n) is 6.48. The number of aromatic nitrogens is 2. The fourth-order valence-electron chi connectivity index (χ4n) is 3.05. The van der Waals surface area contributed by atoms with E-state index < -0.39 is 5.91 Å². The van der Waals surface area contributed by atoms with Crippen LogP contribution in [0.1, 0.15) is 28.9 Å². The molecule has 1 amide bonds. The molecule has 2 aromatic rings. The van der Waals surface area contributed by atoms with E-state index in [1.807, 2.05) is 18.2 Å². The zero-order valence-corrected chi connectivity index (χ0v) is 16.7. The van der Waals surface area contributed by atoms with Crippen LogP contribution in [-0.4, -0.2) is 47.5 Å². The number of para-hydroxylation sites is 1. The number of benzene rings is 1. The van der Waals surface area contributed by atoms with Crippen molar-refractivity contribution in [2.75, 3.05) is 25.6 Å². The van der Waals surface area contributed by atoms with E-state index in [0.717, 1.165) is 25.0 Å². The number of nitrogens with one attached hydrogen (secondary N) is 1. The Kier molecular flexibility index (Phi) is 6.86. The molecule has 2 heterocycles. The molecule has 0 saturated carbocycles. The number of nitrogens with zero attached hydrogens (tertiary/aromatic N) is 3. The first-order valence-corrected chi connectivity index (χ1v) is 9.43. The van der Waals surface area contributed by atoms with Gasteiger partial charge in [0, 0.05) is 24.4 Å². The predicted molar refractivity (Wildman–Crippen MR) is 111 cm³/mol.